The number of nitrogens with one attached hydrogen (secondary N) is 1. The van der Waals surface area contributed by atoms with E-state index in [2.05, 4.69) is 9.97 Å². The van der Waals surface area contributed by atoms with Gasteiger partial charge >= 0.3 is 6.18 Å². The molecule has 1 saturated heterocycles. The van der Waals surface area contributed by atoms with Crippen molar-refractivity contribution in [3.05, 3.63) is 57.5 Å². The first-order chi connectivity index (χ1) is 13.2. The van der Waals surface area contributed by atoms with Gasteiger partial charge in [0.1, 0.15) is 5.69 Å². The number of nitrogens with zero attached hydrogens (tertiary/aromatic N) is 2. The number of anilines is 1. The maximum Gasteiger partial charge on any atom is 0.416 e. The summed E-state index contributed by atoms with van der Waals surface area (Å²) in [6.45, 7) is 3.32. The first kappa shape index (κ1) is 20.1. The Morgan fingerprint density at radius 1 is 1.18 bits per heavy atom. The minimum atomic E-state index is -4.39. The second-order valence-electron chi connectivity index (χ2n) is 7.15. The summed E-state index contributed by atoms with van der Waals surface area (Å²) in [4.78, 5) is 33.6. The van der Waals surface area contributed by atoms with Crippen LogP contribution in [-0.4, -0.2) is 28.8 Å². The number of aromatic nitrogens is 2. The molecule has 2 aromatic rings. The Labute approximate surface area is 160 Å². The number of alkyl halides is 3. The van der Waals surface area contributed by atoms with Crippen LogP contribution in [0.5, 0.6) is 0 Å². The highest BCUT2D eigenvalue weighted by atomic mass is 19.4. The first-order valence-electron chi connectivity index (χ1n) is 9.31. The van der Waals surface area contributed by atoms with Gasteiger partial charge in [0, 0.05) is 25.6 Å². The lowest BCUT2D eigenvalue weighted by Crippen LogP contribution is -2.33. The lowest BCUT2D eigenvalue weighted by Gasteiger charge is -2.27. The van der Waals surface area contributed by atoms with E-state index in [1.807, 2.05) is 4.90 Å². The molecule has 0 amide bonds. The summed E-state index contributed by atoms with van der Waals surface area (Å²) < 4.78 is 38.0. The topological polar surface area (TPSA) is 66.1 Å². The molecule has 1 fully saturated rings. The highest BCUT2D eigenvalue weighted by molar-refractivity contribution is 5.94. The molecule has 1 aliphatic heterocycles. The van der Waals surface area contributed by atoms with Crippen LogP contribution in [0.15, 0.2) is 35.1 Å². The van der Waals surface area contributed by atoms with Gasteiger partial charge in [0.25, 0.3) is 5.56 Å². The lowest BCUT2D eigenvalue weighted by atomic mass is 9.94. The molecule has 3 rings (SSSR count). The van der Waals surface area contributed by atoms with Crippen LogP contribution in [0.3, 0.4) is 0 Å². The van der Waals surface area contributed by atoms with E-state index in [4.69, 9.17) is 0 Å². The highest BCUT2D eigenvalue weighted by Crippen LogP contribution is 2.31. The summed E-state index contributed by atoms with van der Waals surface area (Å²) in [7, 11) is 0. The maximum absolute atomic E-state index is 12.7. The molecule has 1 N–H and O–H groups in total. The van der Waals surface area contributed by atoms with Crippen LogP contribution < -0.4 is 10.5 Å². The van der Waals surface area contributed by atoms with E-state index in [-0.39, 0.29) is 29.4 Å². The number of Topliss-reactive ketones (excluding diaryl/α,β-unsaturated/α-hetero) is 1. The summed E-state index contributed by atoms with van der Waals surface area (Å²) >= 11 is 0. The van der Waals surface area contributed by atoms with E-state index in [0.717, 1.165) is 44.5 Å². The van der Waals surface area contributed by atoms with E-state index in [1.54, 1.807) is 6.92 Å². The Hall–Kier alpha value is -2.64. The van der Waals surface area contributed by atoms with Crippen LogP contribution in [0.4, 0.5) is 19.1 Å². The van der Waals surface area contributed by atoms with Crippen molar-refractivity contribution in [3.63, 3.8) is 0 Å². The molecule has 28 heavy (non-hydrogen) atoms. The van der Waals surface area contributed by atoms with Gasteiger partial charge in [-0.25, -0.2) is 4.98 Å². The van der Waals surface area contributed by atoms with Crippen LogP contribution in [0.1, 0.15) is 60.1 Å². The van der Waals surface area contributed by atoms with Crippen LogP contribution >= 0.6 is 0 Å². The molecule has 1 aromatic heterocycles. The van der Waals surface area contributed by atoms with Crippen molar-refractivity contribution in [3.8, 4) is 0 Å². The standard InChI is InChI=1S/C20H22F3N3O2/c1-13(14-5-7-15(8-6-14)20(21,22)23)11-17(27)16-12-18(28)25-19(24-16)26-9-3-2-4-10-26/h5-8,12-13H,2-4,9-11H2,1H3,(H,24,25,28)/t13-/m0/s1. The number of carbonyl (C=O) groups is 1. The van der Waals surface area contributed by atoms with E-state index >= 15 is 0 Å². The fraction of sp³-hybridized carbons (Fsp3) is 0.450. The first-order valence-corrected chi connectivity index (χ1v) is 9.31. The summed E-state index contributed by atoms with van der Waals surface area (Å²) in [5.74, 6) is -0.205. The van der Waals surface area contributed by atoms with Gasteiger partial charge in [-0.3, -0.25) is 14.6 Å². The number of hydrogen-bond acceptors (Lipinski definition) is 4. The molecule has 0 aliphatic carbocycles. The summed E-state index contributed by atoms with van der Waals surface area (Å²) in [6.07, 6.45) is -1.19. The van der Waals surface area contributed by atoms with Gasteiger partial charge in [0.05, 0.1) is 5.56 Å². The Kier molecular flexibility index (Phi) is 5.86. The van der Waals surface area contributed by atoms with Crippen molar-refractivity contribution in [2.45, 2.75) is 44.7 Å². The Bertz CT molecular complexity index is 885. The van der Waals surface area contributed by atoms with Gasteiger partial charge in [-0.05, 0) is 42.9 Å². The second-order valence-corrected chi connectivity index (χ2v) is 7.15. The number of rotatable bonds is 5. The van der Waals surface area contributed by atoms with E-state index in [9.17, 15) is 22.8 Å². The third kappa shape index (κ3) is 4.79. The van der Waals surface area contributed by atoms with Gasteiger partial charge < -0.3 is 4.90 Å². The summed E-state index contributed by atoms with van der Waals surface area (Å²) in [5, 5.41) is 0. The number of benzene rings is 1. The van der Waals surface area contributed by atoms with Gasteiger partial charge in [0.15, 0.2) is 5.78 Å². The molecule has 8 heteroatoms. The molecule has 0 spiro atoms. The molecule has 1 aromatic carbocycles. The number of ketones is 1. The fourth-order valence-corrected chi connectivity index (χ4v) is 3.34. The number of piperidine rings is 1. The molecule has 0 bridgehead atoms. The fourth-order valence-electron chi connectivity index (χ4n) is 3.34. The van der Waals surface area contributed by atoms with Crippen molar-refractivity contribution < 1.29 is 18.0 Å². The van der Waals surface area contributed by atoms with Gasteiger partial charge in [-0.2, -0.15) is 13.2 Å². The molecular formula is C20H22F3N3O2. The van der Waals surface area contributed by atoms with E-state index < -0.39 is 11.7 Å². The molecule has 1 atom stereocenters. The van der Waals surface area contributed by atoms with Crippen molar-refractivity contribution in [2.75, 3.05) is 18.0 Å². The Morgan fingerprint density at radius 2 is 1.82 bits per heavy atom. The number of H-pyrrole nitrogens is 1. The highest BCUT2D eigenvalue weighted by Gasteiger charge is 2.30. The van der Waals surface area contributed by atoms with Crippen molar-refractivity contribution in [1.29, 1.82) is 0 Å². The number of hydrogen-bond donors (Lipinski definition) is 1. The molecule has 5 nitrogen and oxygen atoms in total. The zero-order valence-corrected chi connectivity index (χ0v) is 15.6. The quantitative estimate of drug-likeness (QED) is 0.775. The van der Waals surface area contributed by atoms with Crippen LogP contribution in [0, 0.1) is 0 Å². The molecule has 0 radical (unpaired) electrons. The maximum atomic E-state index is 12.7. The summed E-state index contributed by atoms with van der Waals surface area (Å²) in [5.41, 5.74) is -0.399. The predicted molar refractivity (Wildman–Crippen MR) is 99.7 cm³/mol. The zero-order chi connectivity index (χ0) is 20.3. The van der Waals surface area contributed by atoms with E-state index in [1.165, 1.54) is 18.2 Å². The van der Waals surface area contributed by atoms with Gasteiger partial charge in [-0.1, -0.05) is 19.1 Å². The van der Waals surface area contributed by atoms with Crippen LogP contribution in [0.2, 0.25) is 0 Å². The largest absolute Gasteiger partial charge is 0.416 e. The predicted octanol–water partition coefficient (Wildman–Crippen LogP) is 4.16. The van der Waals surface area contributed by atoms with Crippen molar-refractivity contribution in [2.24, 2.45) is 0 Å². The third-order valence-corrected chi connectivity index (χ3v) is 4.97. The third-order valence-electron chi connectivity index (χ3n) is 4.97. The van der Waals surface area contributed by atoms with Gasteiger partial charge in [0.2, 0.25) is 5.95 Å². The zero-order valence-electron chi connectivity index (χ0n) is 15.6. The smallest absolute Gasteiger partial charge is 0.342 e. The molecule has 150 valence electrons. The van der Waals surface area contributed by atoms with Crippen LogP contribution in [0.25, 0.3) is 0 Å². The number of aromatic amines is 1. The second kappa shape index (κ2) is 8.16. The minimum absolute atomic E-state index is 0.0568. The minimum Gasteiger partial charge on any atom is -0.342 e. The average Bonchev–Trinajstić information content (AvgIpc) is 2.67. The average molecular weight is 393 g/mol. The summed E-state index contributed by atoms with van der Waals surface area (Å²) in [6, 6.07) is 5.96. The molecule has 2 heterocycles. The lowest BCUT2D eigenvalue weighted by molar-refractivity contribution is -0.137. The van der Waals surface area contributed by atoms with Crippen molar-refractivity contribution in [1.82, 2.24) is 9.97 Å². The number of carbonyl (C=O) groups excluding carboxylic acids is 1. The molecule has 0 saturated carbocycles. The van der Waals surface area contributed by atoms with Gasteiger partial charge in [-0.15, -0.1) is 0 Å². The molecule has 1 aliphatic rings. The number of halogens is 3. The van der Waals surface area contributed by atoms with Crippen molar-refractivity contribution >= 4 is 11.7 Å². The van der Waals surface area contributed by atoms with Crippen LogP contribution in [-0.2, 0) is 6.18 Å². The Morgan fingerprint density at radius 3 is 2.43 bits per heavy atom. The Balaban J connectivity index is 1.73. The molecule has 0 unspecified atom stereocenters. The molecular weight excluding hydrogens is 371 g/mol. The van der Waals surface area contributed by atoms with E-state index in [0.29, 0.717) is 11.5 Å². The SMILES string of the molecule is C[C@@H](CC(=O)c1cc(=O)[nH]c(N2CCCCC2)n1)c1ccc(C(F)(F)F)cc1. The normalized spacial score (nSPS) is 16.1. The monoisotopic (exact) mass is 393 g/mol.